The van der Waals surface area contributed by atoms with E-state index in [0.717, 1.165) is 0 Å². The van der Waals surface area contributed by atoms with E-state index >= 15 is 0 Å². The molecule has 17 heavy (non-hydrogen) atoms. The Morgan fingerprint density at radius 3 is 2.65 bits per heavy atom. The van der Waals surface area contributed by atoms with Gasteiger partial charge >= 0.3 is 0 Å². The average molecular weight is 231 g/mol. The molecule has 0 aliphatic heterocycles. The Bertz CT molecular complexity index is 521. The van der Waals surface area contributed by atoms with Crippen molar-refractivity contribution in [2.24, 2.45) is 0 Å². The topological polar surface area (TPSA) is 57.0 Å². The smallest absolute Gasteiger partial charge is 0.162 e. The lowest BCUT2D eigenvalue weighted by Crippen LogP contribution is -2.07. The van der Waals surface area contributed by atoms with Crippen LogP contribution in [-0.2, 0) is 0 Å². The molecule has 0 bridgehead atoms. The second-order valence-corrected chi connectivity index (χ2v) is 3.49. The van der Waals surface area contributed by atoms with Gasteiger partial charge in [-0.25, -0.2) is 0 Å². The zero-order chi connectivity index (χ0) is 12.3. The van der Waals surface area contributed by atoms with Crippen molar-refractivity contribution in [1.29, 1.82) is 0 Å². The van der Waals surface area contributed by atoms with Crippen LogP contribution in [0.5, 0.6) is 5.75 Å². The number of ketones is 1. The molecule has 1 aromatic heterocycles. The number of carbonyl (C=O) groups is 1. The Morgan fingerprint density at radius 2 is 2.06 bits per heavy atom. The molecule has 2 rings (SSSR count). The van der Waals surface area contributed by atoms with Crippen LogP contribution in [0.4, 0.5) is 0 Å². The molecule has 2 aromatic rings. The molecule has 0 aliphatic rings. The van der Waals surface area contributed by atoms with Crippen LogP contribution in [0, 0.1) is 0 Å². The monoisotopic (exact) mass is 231 g/mol. The fourth-order valence-corrected chi connectivity index (χ4v) is 1.57. The van der Waals surface area contributed by atoms with E-state index in [4.69, 9.17) is 4.74 Å². The van der Waals surface area contributed by atoms with Gasteiger partial charge in [0.2, 0.25) is 0 Å². The summed E-state index contributed by atoms with van der Waals surface area (Å²) in [6, 6.07) is 5.26. The maximum atomic E-state index is 11.5. The van der Waals surface area contributed by atoms with Crippen LogP contribution in [0.25, 0.3) is 5.69 Å². The third kappa shape index (κ3) is 2.33. The van der Waals surface area contributed by atoms with Crippen LogP contribution < -0.4 is 4.74 Å². The average Bonchev–Trinajstić information content (AvgIpc) is 2.82. The van der Waals surface area contributed by atoms with Crippen molar-refractivity contribution < 1.29 is 9.53 Å². The van der Waals surface area contributed by atoms with Crippen LogP contribution in [0.2, 0.25) is 0 Å². The maximum absolute atomic E-state index is 11.5. The summed E-state index contributed by atoms with van der Waals surface area (Å²) in [5.74, 6) is 0.671. The van der Waals surface area contributed by atoms with Gasteiger partial charge < -0.3 is 4.74 Å². The van der Waals surface area contributed by atoms with Gasteiger partial charge in [-0.15, -0.1) is 0 Å². The van der Waals surface area contributed by atoms with E-state index in [-0.39, 0.29) is 5.78 Å². The molecule has 0 N–H and O–H groups in total. The number of aromatic nitrogens is 3. The number of benzene rings is 1. The van der Waals surface area contributed by atoms with Crippen LogP contribution in [-0.4, -0.2) is 27.4 Å². The molecule has 1 aromatic carbocycles. The highest BCUT2D eigenvalue weighted by atomic mass is 16.5. The van der Waals surface area contributed by atoms with E-state index in [9.17, 15) is 4.79 Å². The first-order valence-electron chi connectivity index (χ1n) is 5.37. The number of nitrogens with zero attached hydrogens (tertiary/aromatic N) is 3. The molecule has 0 amide bonds. The lowest BCUT2D eigenvalue weighted by molar-refractivity contribution is 0.101. The third-order valence-electron chi connectivity index (χ3n) is 2.29. The number of carbonyl (C=O) groups excluding carboxylic acids is 1. The zero-order valence-corrected chi connectivity index (χ0v) is 9.75. The second-order valence-electron chi connectivity index (χ2n) is 3.49. The first-order valence-corrected chi connectivity index (χ1v) is 5.37. The lowest BCUT2D eigenvalue weighted by Gasteiger charge is -2.09. The highest BCUT2D eigenvalue weighted by Gasteiger charge is 2.11. The van der Waals surface area contributed by atoms with Crippen molar-refractivity contribution in [1.82, 2.24) is 15.0 Å². The minimum Gasteiger partial charge on any atom is -0.494 e. The van der Waals surface area contributed by atoms with E-state index in [0.29, 0.717) is 23.6 Å². The summed E-state index contributed by atoms with van der Waals surface area (Å²) in [6.45, 7) is 4.00. The summed E-state index contributed by atoms with van der Waals surface area (Å²) in [5.41, 5.74) is 1.21. The third-order valence-corrected chi connectivity index (χ3v) is 2.29. The Balaban J connectivity index is 2.52. The van der Waals surface area contributed by atoms with Crippen molar-refractivity contribution in [2.45, 2.75) is 13.8 Å². The maximum Gasteiger partial charge on any atom is 0.162 e. The molecule has 0 saturated heterocycles. The summed E-state index contributed by atoms with van der Waals surface area (Å²) in [4.78, 5) is 12.9. The molecule has 0 spiro atoms. The molecular weight excluding hydrogens is 218 g/mol. The van der Waals surface area contributed by atoms with Gasteiger partial charge in [0, 0.05) is 11.6 Å². The normalized spacial score (nSPS) is 10.2. The molecule has 0 fully saturated rings. The fourth-order valence-electron chi connectivity index (χ4n) is 1.57. The van der Waals surface area contributed by atoms with Gasteiger partial charge in [0.25, 0.3) is 0 Å². The van der Waals surface area contributed by atoms with Crippen molar-refractivity contribution in [3.8, 4) is 11.4 Å². The summed E-state index contributed by atoms with van der Waals surface area (Å²) in [6.07, 6.45) is 3.13. The first kappa shape index (κ1) is 11.3. The standard InChI is InChI=1S/C12H13N3O2/c1-3-17-10-4-5-11(9(2)16)12(8-10)15-13-6-7-14-15/h4-8H,3H2,1-2H3. The van der Waals surface area contributed by atoms with Crippen molar-refractivity contribution in [2.75, 3.05) is 6.61 Å². The number of hydrogen-bond acceptors (Lipinski definition) is 4. The van der Waals surface area contributed by atoms with Crippen LogP contribution in [0.1, 0.15) is 24.2 Å². The Kier molecular flexibility index (Phi) is 3.18. The molecule has 88 valence electrons. The van der Waals surface area contributed by atoms with Crippen molar-refractivity contribution in [3.63, 3.8) is 0 Å². The second kappa shape index (κ2) is 4.78. The van der Waals surface area contributed by atoms with Gasteiger partial charge in [-0.3, -0.25) is 4.79 Å². The van der Waals surface area contributed by atoms with E-state index in [2.05, 4.69) is 10.2 Å². The van der Waals surface area contributed by atoms with Gasteiger partial charge in [0.05, 0.1) is 19.0 Å². The largest absolute Gasteiger partial charge is 0.494 e. The molecular formula is C12H13N3O2. The van der Waals surface area contributed by atoms with Gasteiger partial charge in [0.15, 0.2) is 5.78 Å². The van der Waals surface area contributed by atoms with Gasteiger partial charge in [0.1, 0.15) is 11.4 Å². The number of hydrogen-bond donors (Lipinski definition) is 0. The zero-order valence-electron chi connectivity index (χ0n) is 9.75. The number of rotatable bonds is 4. The summed E-state index contributed by atoms with van der Waals surface area (Å²) >= 11 is 0. The molecule has 0 unspecified atom stereocenters. The number of Topliss-reactive ketones (excluding diaryl/α,β-unsaturated/α-hetero) is 1. The minimum atomic E-state index is -0.0275. The van der Waals surface area contributed by atoms with E-state index in [1.807, 2.05) is 6.92 Å². The minimum absolute atomic E-state index is 0.0275. The van der Waals surface area contributed by atoms with E-state index < -0.39 is 0 Å². The molecule has 5 nitrogen and oxygen atoms in total. The van der Waals surface area contributed by atoms with Gasteiger partial charge in [-0.2, -0.15) is 15.0 Å². The van der Waals surface area contributed by atoms with Crippen LogP contribution in [0.15, 0.2) is 30.6 Å². The number of ether oxygens (including phenoxy) is 1. The Hall–Kier alpha value is -2.17. The van der Waals surface area contributed by atoms with E-state index in [1.165, 1.54) is 11.7 Å². The fraction of sp³-hybridized carbons (Fsp3) is 0.250. The quantitative estimate of drug-likeness (QED) is 0.754. The molecule has 0 atom stereocenters. The first-order chi connectivity index (χ1) is 8.22. The highest BCUT2D eigenvalue weighted by Crippen LogP contribution is 2.21. The predicted molar refractivity (Wildman–Crippen MR) is 62.5 cm³/mol. The SMILES string of the molecule is CCOc1ccc(C(C)=O)c(-n2nccn2)c1. The van der Waals surface area contributed by atoms with E-state index in [1.54, 1.807) is 30.6 Å². The van der Waals surface area contributed by atoms with Crippen molar-refractivity contribution >= 4 is 5.78 Å². The molecule has 0 aliphatic carbocycles. The Labute approximate surface area is 99.0 Å². The van der Waals surface area contributed by atoms with Crippen LogP contribution in [0.3, 0.4) is 0 Å². The summed E-state index contributed by atoms with van der Waals surface area (Å²) in [7, 11) is 0. The van der Waals surface area contributed by atoms with Gasteiger partial charge in [-0.1, -0.05) is 0 Å². The molecule has 0 radical (unpaired) electrons. The van der Waals surface area contributed by atoms with Gasteiger partial charge in [-0.05, 0) is 26.0 Å². The predicted octanol–water partition coefficient (Wildman–Crippen LogP) is 1.87. The molecule has 5 heteroatoms. The molecule has 0 saturated carbocycles. The summed E-state index contributed by atoms with van der Waals surface area (Å²) in [5, 5.41) is 8.06. The van der Waals surface area contributed by atoms with Crippen LogP contribution >= 0.6 is 0 Å². The lowest BCUT2D eigenvalue weighted by atomic mass is 10.1. The highest BCUT2D eigenvalue weighted by molar-refractivity contribution is 5.97. The Morgan fingerprint density at radius 1 is 1.35 bits per heavy atom. The summed E-state index contributed by atoms with van der Waals surface area (Å²) < 4.78 is 5.40. The molecule has 1 heterocycles. The van der Waals surface area contributed by atoms with Crippen molar-refractivity contribution in [3.05, 3.63) is 36.2 Å².